The van der Waals surface area contributed by atoms with Crippen molar-refractivity contribution in [2.45, 2.75) is 51.0 Å². The van der Waals surface area contributed by atoms with Crippen molar-refractivity contribution >= 4 is 17.4 Å². The standard InChI is InChI=1S/C13H20ClN3O/c1-2-10-11(14)15-9-16-12(10)17-13(8-18)6-4-3-5-7-13/h9,18H,2-8H2,1H3,(H,15,16,17). The average Bonchev–Trinajstić information content (AvgIpc) is 2.40. The summed E-state index contributed by atoms with van der Waals surface area (Å²) in [5.74, 6) is 0.772. The summed E-state index contributed by atoms with van der Waals surface area (Å²) in [4.78, 5) is 8.28. The predicted molar refractivity (Wildman–Crippen MR) is 72.9 cm³/mol. The number of hydrogen-bond acceptors (Lipinski definition) is 4. The second-order valence-corrected chi connectivity index (χ2v) is 5.33. The summed E-state index contributed by atoms with van der Waals surface area (Å²) in [5.41, 5.74) is 0.692. The third-order valence-corrected chi connectivity index (χ3v) is 4.07. The molecule has 0 bridgehead atoms. The Kier molecular flexibility index (Phi) is 4.40. The fourth-order valence-electron chi connectivity index (χ4n) is 2.61. The summed E-state index contributed by atoms with van der Waals surface area (Å²) >= 11 is 6.08. The Morgan fingerprint density at radius 2 is 2.06 bits per heavy atom. The van der Waals surface area contributed by atoms with Gasteiger partial charge in [0.15, 0.2) is 0 Å². The van der Waals surface area contributed by atoms with E-state index < -0.39 is 0 Å². The molecular formula is C13H20ClN3O. The van der Waals surface area contributed by atoms with Gasteiger partial charge < -0.3 is 10.4 Å². The van der Waals surface area contributed by atoms with Crippen LogP contribution in [0.3, 0.4) is 0 Å². The van der Waals surface area contributed by atoms with Crippen LogP contribution in [-0.2, 0) is 6.42 Å². The van der Waals surface area contributed by atoms with Gasteiger partial charge in [0, 0.05) is 5.56 Å². The van der Waals surface area contributed by atoms with Crippen molar-refractivity contribution in [2.75, 3.05) is 11.9 Å². The molecule has 1 saturated carbocycles. The molecule has 2 N–H and O–H groups in total. The molecule has 0 aliphatic heterocycles. The molecule has 0 amide bonds. The smallest absolute Gasteiger partial charge is 0.137 e. The highest BCUT2D eigenvalue weighted by Gasteiger charge is 2.32. The van der Waals surface area contributed by atoms with E-state index in [1.165, 1.54) is 12.7 Å². The van der Waals surface area contributed by atoms with Crippen LogP contribution < -0.4 is 5.32 Å². The first kappa shape index (κ1) is 13.6. The number of nitrogens with one attached hydrogen (secondary N) is 1. The summed E-state index contributed by atoms with van der Waals surface area (Å²) in [7, 11) is 0. The Balaban J connectivity index is 2.24. The SMILES string of the molecule is CCc1c(Cl)ncnc1NC1(CO)CCCCC1. The highest BCUT2D eigenvalue weighted by Crippen LogP contribution is 2.32. The molecule has 0 spiro atoms. The van der Waals surface area contributed by atoms with Gasteiger partial charge in [0.1, 0.15) is 17.3 Å². The second-order valence-electron chi connectivity index (χ2n) is 4.97. The normalized spacial score (nSPS) is 18.6. The summed E-state index contributed by atoms with van der Waals surface area (Å²) in [6.07, 6.45) is 7.75. The molecule has 1 fully saturated rings. The van der Waals surface area contributed by atoms with Crippen molar-refractivity contribution in [3.8, 4) is 0 Å². The Bertz CT molecular complexity index is 405. The van der Waals surface area contributed by atoms with Gasteiger partial charge in [-0.3, -0.25) is 0 Å². The lowest BCUT2D eigenvalue weighted by Crippen LogP contribution is -2.44. The van der Waals surface area contributed by atoms with Gasteiger partial charge >= 0.3 is 0 Å². The zero-order valence-corrected chi connectivity index (χ0v) is 11.5. The predicted octanol–water partition coefficient (Wildman–Crippen LogP) is 2.80. The van der Waals surface area contributed by atoms with E-state index in [9.17, 15) is 5.11 Å². The van der Waals surface area contributed by atoms with Crippen LogP contribution in [0.15, 0.2) is 6.33 Å². The molecule has 18 heavy (non-hydrogen) atoms. The number of aromatic nitrogens is 2. The van der Waals surface area contributed by atoms with E-state index in [4.69, 9.17) is 11.6 Å². The highest BCUT2D eigenvalue weighted by molar-refractivity contribution is 6.30. The summed E-state index contributed by atoms with van der Waals surface area (Å²) in [6, 6.07) is 0. The number of halogens is 1. The molecule has 0 radical (unpaired) electrons. The zero-order valence-electron chi connectivity index (χ0n) is 10.7. The van der Waals surface area contributed by atoms with Gasteiger partial charge in [-0.1, -0.05) is 37.8 Å². The van der Waals surface area contributed by atoms with Crippen LogP contribution >= 0.6 is 11.6 Å². The van der Waals surface area contributed by atoms with Crippen LogP contribution in [-0.4, -0.2) is 27.2 Å². The maximum Gasteiger partial charge on any atom is 0.137 e. The van der Waals surface area contributed by atoms with E-state index in [2.05, 4.69) is 15.3 Å². The first-order valence-electron chi connectivity index (χ1n) is 6.59. The van der Waals surface area contributed by atoms with Crippen LogP contribution in [0.2, 0.25) is 5.15 Å². The second kappa shape index (κ2) is 5.85. The van der Waals surface area contributed by atoms with Crippen molar-refractivity contribution in [3.63, 3.8) is 0 Å². The van der Waals surface area contributed by atoms with Gasteiger partial charge in [-0.15, -0.1) is 0 Å². The van der Waals surface area contributed by atoms with Crippen molar-refractivity contribution in [1.82, 2.24) is 9.97 Å². The lowest BCUT2D eigenvalue weighted by molar-refractivity contribution is 0.172. The molecule has 0 atom stereocenters. The lowest BCUT2D eigenvalue weighted by Gasteiger charge is -2.37. The van der Waals surface area contributed by atoms with Gasteiger partial charge in [-0.25, -0.2) is 9.97 Å². The number of hydrogen-bond donors (Lipinski definition) is 2. The molecule has 100 valence electrons. The zero-order chi connectivity index (χ0) is 13.0. The van der Waals surface area contributed by atoms with Crippen molar-refractivity contribution < 1.29 is 5.11 Å². The summed E-state index contributed by atoms with van der Waals surface area (Å²) < 4.78 is 0. The van der Waals surface area contributed by atoms with Crippen LogP contribution in [0.25, 0.3) is 0 Å². The molecule has 0 aromatic carbocycles. The maximum absolute atomic E-state index is 9.70. The number of aliphatic hydroxyl groups excluding tert-OH is 1. The Labute approximate surface area is 113 Å². The van der Waals surface area contributed by atoms with E-state index in [0.717, 1.165) is 43.5 Å². The molecule has 5 heteroatoms. The van der Waals surface area contributed by atoms with Gasteiger partial charge in [0.05, 0.1) is 12.1 Å². The molecule has 2 rings (SSSR count). The third-order valence-electron chi connectivity index (χ3n) is 3.74. The summed E-state index contributed by atoms with van der Waals surface area (Å²) in [6.45, 7) is 2.17. The van der Waals surface area contributed by atoms with E-state index in [1.807, 2.05) is 6.92 Å². The van der Waals surface area contributed by atoms with Crippen LogP contribution in [0.1, 0.15) is 44.6 Å². The van der Waals surface area contributed by atoms with Gasteiger partial charge in [0.25, 0.3) is 0 Å². The van der Waals surface area contributed by atoms with E-state index in [0.29, 0.717) is 5.15 Å². The fourth-order valence-corrected chi connectivity index (χ4v) is 2.88. The van der Waals surface area contributed by atoms with E-state index in [1.54, 1.807) is 0 Å². The van der Waals surface area contributed by atoms with Gasteiger partial charge in [-0.05, 0) is 19.3 Å². The van der Waals surface area contributed by atoms with Crippen molar-refractivity contribution in [1.29, 1.82) is 0 Å². The molecule has 1 heterocycles. The molecule has 1 aromatic heterocycles. The molecule has 0 unspecified atom stereocenters. The number of aliphatic hydroxyl groups is 1. The Morgan fingerprint density at radius 3 is 2.67 bits per heavy atom. The Morgan fingerprint density at radius 1 is 1.33 bits per heavy atom. The average molecular weight is 270 g/mol. The summed E-state index contributed by atoms with van der Waals surface area (Å²) in [5, 5.41) is 13.6. The van der Waals surface area contributed by atoms with Crippen LogP contribution in [0, 0.1) is 0 Å². The highest BCUT2D eigenvalue weighted by atomic mass is 35.5. The largest absolute Gasteiger partial charge is 0.394 e. The first-order chi connectivity index (χ1) is 8.71. The molecule has 1 aliphatic rings. The minimum Gasteiger partial charge on any atom is -0.394 e. The first-order valence-corrected chi connectivity index (χ1v) is 6.97. The maximum atomic E-state index is 9.70. The molecular weight excluding hydrogens is 250 g/mol. The number of anilines is 1. The number of rotatable bonds is 4. The molecule has 1 aliphatic carbocycles. The van der Waals surface area contributed by atoms with Crippen LogP contribution in [0.5, 0.6) is 0 Å². The quantitative estimate of drug-likeness (QED) is 0.826. The number of nitrogens with zero attached hydrogens (tertiary/aromatic N) is 2. The monoisotopic (exact) mass is 269 g/mol. The minimum atomic E-state index is -0.236. The third kappa shape index (κ3) is 2.75. The van der Waals surface area contributed by atoms with Crippen LogP contribution in [0.4, 0.5) is 5.82 Å². The Hall–Kier alpha value is -0.870. The van der Waals surface area contributed by atoms with Gasteiger partial charge in [-0.2, -0.15) is 0 Å². The van der Waals surface area contributed by atoms with E-state index >= 15 is 0 Å². The lowest BCUT2D eigenvalue weighted by atomic mass is 9.82. The topological polar surface area (TPSA) is 58.0 Å². The molecule has 0 saturated heterocycles. The molecule has 1 aromatic rings. The van der Waals surface area contributed by atoms with Crippen molar-refractivity contribution in [3.05, 3.63) is 17.0 Å². The van der Waals surface area contributed by atoms with Crippen molar-refractivity contribution in [2.24, 2.45) is 0 Å². The fraction of sp³-hybridized carbons (Fsp3) is 0.692. The van der Waals surface area contributed by atoms with Gasteiger partial charge in [0.2, 0.25) is 0 Å². The molecule has 4 nitrogen and oxygen atoms in total. The minimum absolute atomic E-state index is 0.137. The van der Waals surface area contributed by atoms with E-state index in [-0.39, 0.29) is 12.1 Å².